The summed E-state index contributed by atoms with van der Waals surface area (Å²) in [5, 5.41) is 6.83. The van der Waals surface area contributed by atoms with Crippen LogP contribution in [-0.2, 0) is 11.3 Å². The zero-order valence-electron chi connectivity index (χ0n) is 17.4. The van der Waals surface area contributed by atoms with E-state index in [1.807, 2.05) is 18.2 Å². The Morgan fingerprint density at radius 2 is 2.07 bits per heavy atom. The molecule has 2 fully saturated rings. The summed E-state index contributed by atoms with van der Waals surface area (Å²) in [6.45, 7) is 2.02. The number of guanidine groups is 1. The SMILES string of the molecule is CN(C)C(=O)CNC(=NCc1cccc2c1OCCCO2)NC1CC2CCC1C2. The summed E-state index contributed by atoms with van der Waals surface area (Å²) in [6, 6.07) is 6.39. The first-order valence-electron chi connectivity index (χ1n) is 10.7. The Hall–Kier alpha value is -2.44. The number of likely N-dealkylation sites (N-methyl/N-ethyl adjacent to an activating group) is 1. The lowest BCUT2D eigenvalue weighted by molar-refractivity contribution is -0.127. The van der Waals surface area contributed by atoms with Crippen molar-refractivity contribution < 1.29 is 14.3 Å². The quantitative estimate of drug-likeness (QED) is 0.585. The average Bonchev–Trinajstić information content (AvgIpc) is 3.25. The van der Waals surface area contributed by atoms with E-state index in [0.29, 0.717) is 31.8 Å². The van der Waals surface area contributed by atoms with E-state index in [1.165, 1.54) is 25.7 Å². The Morgan fingerprint density at radius 3 is 2.83 bits per heavy atom. The third-order valence-electron chi connectivity index (χ3n) is 6.23. The number of aliphatic imine (C=N–C) groups is 1. The van der Waals surface area contributed by atoms with E-state index >= 15 is 0 Å². The molecule has 0 spiro atoms. The third-order valence-corrected chi connectivity index (χ3v) is 6.23. The van der Waals surface area contributed by atoms with Crippen molar-refractivity contribution in [1.82, 2.24) is 15.5 Å². The number of nitrogens with one attached hydrogen (secondary N) is 2. The van der Waals surface area contributed by atoms with E-state index in [9.17, 15) is 4.79 Å². The number of carbonyl (C=O) groups excluding carboxylic acids is 1. The number of para-hydroxylation sites is 1. The molecule has 0 radical (unpaired) electrons. The predicted molar refractivity (Wildman–Crippen MR) is 112 cm³/mol. The molecular weight excluding hydrogens is 368 g/mol. The van der Waals surface area contributed by atoms with Gasteiger partial charge in [0.1, 0.15) is 0 Å². The van der Waals surface area contributed by atoms with Gasteiger partial charge in [0.2, 0.25) is 5.91 Å². The highest BCUT2D eigenvalue weighted by Gasteiger charge is 2.39. The van der Waals surface area contributed by atoms with Gasteiger partial charge in [-0.1, -0.05) is 18.6 Å². The first-order chi connectivity index (χ1) is 14.1. The molecule has 1 amide bonds. The maximum absolute atomic E-state index is 12.1. The molecule has 158 valence electrons. The number of benzene rings is 1. The molecule has 1 aliphatic heterocycles. The van der Waals surface area contributed by atoms with Crippen LogP contribution in [0.15, 0.2) is 23.2 Å². The Kier molecular flexibility index (Phi) is 6.11. The minimum Gasteiger partial charge on any atom is -0.490 e. The largest absolute Gasteiger partial charge is 0.490 e. The second-order valence-corrected chi connectivity index (χ2v) is 8.53. The Morgan fingerprint density at radius 1 is 1.21 bits per heavy atom. The average molecular weight is 401 g/mol. The maximum Gasteiger partial charge on any atom is 0.241 e. The van der Waals surface area contributed by atoms with Gasteiger partial charge in [-0.2, -0.15) is 0 Å². The van der Waals surface area contributed by atoms with Crippen molar-refractivity contribution in [3.8, 4) is 11.5 Å². The summed E-state index contributed by atoms with van der Waals surface area (Å²) in [6.07, 6.45) is 6.05. The molecule has 1 aromatic rings. The lowest BCUT2D eigenvalue weighted by Gasteiger charge is -2.25. The fourth-order valence-electron chi connectivity index (χ4n) is 4.61. The second-order valence-electron chi connectivity index (χ2n) is 8.53. The van der Waals surface area contributed by atoms with Crippen molar-refractivity contribution in [3.05, 3.63) is 23.8 Å². The minimum atomic E-state index is 0.0257. The molecule has 3 aliphatic rings. The van der Waals surface area contributed by atoms with Crippen molar-refractivity contribution in [3.63, 3.8) is 0 Å². The molecule has 1 heterocycles. The number of nitrogens with zero attached hydrogens (tertiary/aromatic N) is 2. The van der Waals surface area contributed by atoms with Crippen LogP contribution in [0.5, 0.6) is 11.5 Å². The molecule has 2 saturated carbocycles. The van der Waals surface area contributed by atoms with Crippen molar-refractivity contribution >= 4 is 11.9 Å². The Bertz CT molecular complexity index is 764. The molecule has 2 bridgehead atoms. The van der Waals surface area contributed by atoms with Gasteiger partial charge in [0.15, 0.2) is 17.5 Å². The Balaban J connectivity index is 1.47. The zero-order chi connectivity index (χ0) is 20.2. The van der Waals surface area contributed by atoms with Gasteiger partial charge in [-0.15, -0.1) is 0 Å². The molecule has 0 aromatic heterocycles. The molecule has 7 heteroatoms. The maximum atomic E-state index is 12.1. The number of hydrogen-bond donors (Lipinski definition) is 2. The smallest absolute Gasteiger partial charge is 0.241 e. The van der Waals surface area contributed by atoms with Gasteiger partial charge in [0.05, 0.1) is 26.3 Å². The van der Waals surface area contributed by atoms with Crippen LogP contribution in [0.25, 0.3) is 0 Å². The van der Waals surface area contributed by atoms with E-state index in [-0.39, 0.29) is 12.5 Å². The van der Waals surface area contributed by atoms with Gasteiger partial charge in [0.25, 0.3) is 0 Å². The van der Waals surface area contributed by atoms with Gasteiger partial charge >= 0.3 is 0 Å². The number of ether oxygens (including phenoxy) is 2. The number of carbonyl (C=O) groups is 1. The summed E-state index contributed by atoms with van der Waals surface area (Å²) in [5.74, 6) is 3.87. The molecule has 2 N–H and O–H groups in total. The molecular formula is C22H32N4O3. The topological polar surface area (TPSA) is 75.2 Å². The summed E-state index contributed by atoms with van der Waals surface area (Å²) >= 11 is 0. The monoisotopic (exact) mass is 400 g/mol. The predicted octanol–water partition coefficient (Wildman–Crippen LogP) is 2.16. The summed E-state index contributed by atoms with van der Waals surface area (Å²) < 4.78 is 11.7. The first-order valence-corrected chi connectivity index (χ1v) is 10.7. The van der Waals surface area contributed by atoms with Crippen molar-refractivity contribution in [1.29, 1.82) is 0 Å². The van der Waals surface area contributed by atoms with Gasteiger partial charge in [-0.05, 0) is 37.2 Å². The van der Waals surface area contributed by atoms with Crippen LogP contribution in [0.3, 0.4) is 0 Å². The highest BCUT2D eigenvalue weighted by Crippen LogP contribution is 2.44. The van der Waals surface area contributed by atoms with E-state index in [4.69, 9.17) is 14.5 Å². The third kappa shape index (κ3) is 4.77. The molecule has 1 aromatic carbocycles. The fourth-order valence-corrected chi connectivity index (χ4v) is 4.61. The van der Waals surface area contributed by atoms with Crippen LogP contribution in [0.1, 0.15) is 37.7 Å². The normalized spacial score (nSPS) is 25.4. The standard InChI is InChI=1S/C22H32N4O3/c1-26(2)20(27)14-24-22(25-18-12-15-7-8-16(18)11-15)23-13-17-5-3-6-19-21(17)29-10-4-9-28-19/h3,5-6,15-16,18H,4,7-14H2,1-2H3,(H2,23,24,25). The van der Waals surface area contributed by atoms with Crippen LogP contribution in [0, 0.1) is 11.8 Å². The van der Waals surface area contributed by atoms with Gasteiger partial charge in [-0.3, -0.25) is 4.79 Å². The molecule has 3 atom stereocenters. The van der Waals surface area contributed by atoms with Crippen molar-refractivity contribution in [2.24, 2.45) is 16.8 Å². The van der Waals surface area contributed by atoms with Crippen LogP contribution >= 0.6 is 0 Å². The van der Waals surface area contributed by atoms with E-state index in [2.05, 4.69) is 10.6 Å². The fraction of sp³-hybridized carbons (Fsp3) is 0.636. The van der Waals surface area contributed by atoms with Gasteiger partial charge in [0, 0.05) is 32.1 Å². The van der Waals surface area contributed by atoms with E-state index in [0.717, 1.165) is 35.3 Å². The van der Waals surface area contributed by atoms with Crippen LogP contribution in [-0.4, -0.2) is 56.7 Å². The van der Waals surface area contributed by atoms with Crippen LogP contribution in [0.2, 0.25) is 0 Å². The van der Waals surface area contributed by atoms with E-state index in [1.54, 1.807) is 19.0 Å². The summed E-state index contributed by atoms with van der Waals surface area (Å²) in [5.41, 5.74) is 0.998. The minimum absolute atomic E-state index is 0.0257. The lowest BCUT2D eigenvalue weighted by Crippen LogP contribution is -2.48. The number of fused-ring (bicyclic) bond motifs is 3. The highest BCUT2D eigenvalue weighted by atomic mass is 16.5. The highest BCUT2D eigenvalue weighted by molar-refractivity contribution is 5.86. The zero-order valence-corrected chi connectivity index (χ0v) is 17.4. The molecule has 7 nitrogen and oxygen atoms in total. The van der Waals surface area contributed by atoms with Gasteiger partial charge in [-0.25, -0.2) is 4.99 Å². The number of amides is 1. The molecule has 2 aliphatic carbocycles. The van der Waals surface area contributed by atoms with Crippen molar-refractivity contribution in [2.45, 2.75) is 44.7 Å². The Labute approximate surface area is 172 Å². The molecule has 4 rings (SSSR count). The first kappa shape index (κ1) is 19.9. The molecule has 29 heavy (non-hydrogen) atoms. The molecule has 0 saturated heterocycles. The van der Waals surface area contributed by atoms with Crippen molar-refractivity contribution in [2.75, 3.05) is 33.9 Å². The van der Waals surface area contributed by atoms with Crippen LogP contribution in [0.4, 0.5) is 0 Å². The second kappa shape index (κ2) is 8.93. The molecule has 3 unspecified atom stereocenters. The van der Waals surface area contributed by atoms with Crippen LogP contribution < -0.4 is 20.1 Å². The van der Waals surface area contributed by atoms with Gasteiger partial charge < -0.3 is 25.0 Å². The number of hydrogen-bond acceptors (Lipinski definition) is 4. The number of rotatable bonds is 5. The van der Waals surface area contributed by atoms with E-state index < -0.39 is 0 Å². The summed E-state index contributed by atoms with van der Waals surface area (Å²) in [7, 11) is 3.53. The lowest BCUT2D eigenvalue weighted by atomic mass is 9.95. The summed E-state index contributed by atoms with van der Waals surface area (Å²) in [4.78, 5) is 18.4.